The molecule has 0 saturated carbocycles. The Morgan fingerprint density at radius 2 is 2.40 bits per heavy atom. The highest BCUT2D eigenvalue weighted by molar-refractivity contribution is 5.76. The summed E-state index contributed by atoms with van der Waals surface area (Å²) in [6.07, 6.45) is 0. The molecule has 0 aliphatic rings. The Balaban J connectivity index is 2.82. The number of ether oxygens (including phenoxy) is 1. The molecule has 0 spiro atoms. The van der Waals surface area contributed by atoms with Gasteiger partial charge < -0.3 is 4.74 Å². The molecule has 1 aromatic carbocycles. The first-order valence-corrected chi connectivity index (χ1v) is 4.00. The lowest BCUT2D eigenvalue weighted by Crippen LogP contribution is -2.34. The Hall–Kier alpha value is -2.13. The summed E-state index contributed by atoms with van der Waals surface area (Å²) in [6.45, 7) is -0.366. The first kappa shape index (κ1) is 10.9. The minimum absolute atomic E-state index is 0.0149. The van der Waals surface area contributed by atoms with Gasteiger partial charge in [0.1, 0.15) is 23.2 Å². The maximum atomic E-state index is 13.0. The van der Waals surface area contributed by atoms with Gasteiger partial charge in [-0.1, -0.05) is 6.07 Å². The Labute approximate surface area is 85.2 Å². The summed E-state index contributed by atoms with van der Waals surface area (Å²) in [5, 5.41) is 8.63. The standard InChI is InChI=1S/C9H8FN3O2/c10-7-2-1-3-8(6(7)4-11)15-5-9(14)13-12/h1-3H,5,12H2,(H,13,14). The Morgan fingerprint density at radius 1 is 1.67 bits per heavy atom. The van der Waals surface area contributed by atoms with Gasteiger partial charge in [0.2, 0.25) is 0 Å². The van der Waals surface area contributed by atoms with Gasteiger partial charge in [0, 0.05) is 0 Å². The van der Waals surface area contributed by atoms with Crippen LogP contribution in [0, 0.1) is 17.1 Å². The number of carbonyl (C=O) groups is 1. The fourth-order valence-electron chi connectivity index (χ4n) is 0.918. The number of amides is 1. The monoisotopic (exact) mass is 209 g/mol. The molecular formula is C9H8FN3O2. The van der Waals surface area contributed by atoms with Crippen LogP contribution in [-0.4, -0.2) is 12.5 Å². The summed E-state index contributed by atoms with van der Waals surface area (Å²) in [5.74, 6) is 3.57. The minimum atomic E-state index is -0.692. The lowest BCUT2D eigenvalue weighted by molar-refractivity contribution is -0.123. The molecule has 0 heterocycles. The van der Waals surface area contributed by atoms with Crippen molar-refractivity contribution in [3.63, 3.8) is 0 Å². The first-order valence-electron chi connectivity index (χ1n) is 4.00. The highest BCUT2D eigenvalue weighted by atomic mass is 19.1. The second kappa shape index (κ2) is 4.93. The third-order valence-corrected chi connectivity index (χ3v) is 1.61. The van der Waals surface area contributed by atoms with Gasteiger partial charge in [-0.05, 0) is 12.1 Å². The number of hydrazine groups is 1. The molecule has 78 valence electrons. The van der Waals surface area contributed by atoms with Crippen LogP contribution in [0.25, 0.3) is 0 Å². The summed E-state index contributed by atoms with van der Waals surface area (Å²) in [4.78, 5) is 10.7. The van der Waals surface area contributed by atoms with Crippen molar-refractivity contribution in [3.05, 3.63) is 29.6 Å². The Kier molecular flexibility index (Phi) is 3.60. The van der Waals surface area contributed by atoms with E-state index in [1.807, 2.05) is 5.43 Å². The second-order valence-corrected chi connectivity index (χ2v) is 2.58. The molecule has 0 saturated heterocycles. The average molecular weight is 209 g/mol. The molecule has 1 amide bonds. The summed E-state index contributed by atoms with van der Waals surface area (Å²) in [7, 11) is 0. The number of hydrogen-bond donors (Lipinski definition) is 2. The molecule has 0 fully saturated rings. The van der Waals surface area contributed by atoms with E-state index in [1.54, 1.807) is 6.07 Å². The number of rotatable bonds is 3. The quantitative estimate of drug-likeness (QED) is 0.418. The van der Waals surface area contributed by atoms with Gasteiger partial charge in [-0.25, -0.2) is 10.2 Å². The lowest BCUT2D eigenvalue weighted by Gasteiger charge is -2.06. The number of halogens is 1. The molecule has 1 rings (SSSR count). The minimum Gasteiger partial charge on any atom is -0.482 e. The van der Waals surface area contributed by atoms with Crippen molar-refractivity contribution >= 4 is 5.91 Å². The number of nitrogens with zero attached hydrogens (tertiary/aromatic N) is 1. The van der Waals surface area contributed by atoms with Gasteiger partial charge in [0.25, 0.3) is 5.91 Å². The third-order valence-electron chi connectivity index (χ3n) is 1.61. The van der Waals surface area contributed by atoms with E-state index < -0.39 is 11.7 Å². The molecule has 0 aromatic heterocycles. The predicted molar refractivity (Wildman–Crippen MR) is 48.9 cm³/mol. The molecule has 0 aliphatic heterocycles. The summed E-state index contributed by atoms with van der Waals surface area (Å²) in [6, 6.07) is 5.55. The van der Waals surface area contributed by atoms with E-state index in [0.717, 1.165) is 6.07 Å². The molecule has 0 radical (unpaired) electrons. The van der Waals surface area contributed by atoms with Crippen LogP contribution in [0.15, 0.2) is 18.2 Å². The largest absolute Gasteiger partial charge is 0.482 e. The molecule has 0 aliphatic carbocycles. The van der Waals surface area contributed by atoms with Crippen molar-refractivity contribution in [2.24, 2.45) is 5.84 Å². The van der Waals surface area contributed by atoms with E-state index in [1.165, 1.54) is 12.1 Å². The van der Waals surface area contributed by atoms with Gasteiger partial charge in [0.15, 0.2) is 6.61 Å². The van der Waals surface area contributed by atoms with Crippen molar-refractivity contribution in [3.8, 4) is 11.8 Å². The van der Waals surface area contributed by atoms with Gasteiger partial charge in [-0.3, -0.25) is 10.2 Å². The SMILES string of the molecule is N#Cc1c(F)cccc1OCC(=O)NN. The van der Waals surface area contributed by atoms with Crippen LogP contribution in [0.3, 0.4) is 0 Å². The van der Waals surface area contributed by atoms with Crippen molar-refractivity contribution in [2.75, 3.05) is 6.61 Å². The number of nitriles is 1. The molecular weight excluding hydrogens is 201 g/mol. The highest BCUT2D eigenvalue weighted by Crippen LogP contribution is 2.19. The number of nitrogens with one attached hydrogen (secondary N) is 1. The Morgan fingerprint density at radius 3 is 3.00 bits per heavy atom. The smallest absolute Gasteiger partial charge is 0.271 e. The highest BCUT2D eigenvalue weighted by Gasteiger charge is 2.09. The maximum Gasteiger partial charge on any atom is 0.271 e. The predicted octanol–water partition coefficient (Wildman–Crippen LogP) is 0.0661. The van der Waals surface area contributed by atoms with Gasteiger partial charge >= 0.3 is 0 Å². The fraction of sp³-hybridized carbons (Fsp3) is 0.111. The Bertz CT molecular complexity index is 414. The van der Waals surface area contributed by atoms with Crippen molar-refractivity contribution in [2.45, 2.75) is 0 Å². The molecule has 5 nitrogen and oxygen atoms in total. The molecule has 0 bridgehead atoms. The van der Waals surface area contributed by atoms with Crippen LogP contribution < -0.4 is 16.0 Å². The number of nitrogens with two attached hydrogens (primary N) is 1. The molecule has 6 heteroatoms. The van der Waals surface area contributed by atoms with Crippen molar-refractivity contribution in [1.29, 1.82) is 5.26 Å². The van der Waals surface area contributed by atoms with Crippen LogP contribution >= 0.6 is 0 Å². The van der Waals surface area contributed by atoms with Crippen LogP contribution in [0.1, 0.15) is 5.56 Å². The van der Waals surface area contributed by atoms with E-state index in [-0.39, 0.29) is 17.9 Å². The van der Waals surface area contributed by atoms with Gasteiger partial charge in [0.05, 0.1) is 0 Å². The molecule has 0 atom stereocenters. The van der Waals surface area contributed by atoms with E-state index in [0.29, 0.717) is 0 Å². The topological polar surface area (TPSA) is 88.1 Å². The van der Waals surface area contributed by atoms with E-state index >= 15 is 0 Å². The van der Waals surface area contributed by atoms with E-state index in [9.17, 15) is 9.18 Å². The van der Waals surface area contributed by atoms with Crippen LogP contribution in [0.5, 0.6) is 5.75 Å². The normalized spacial score (nSPS) is 9.13. The van der Waals surface area contributed by atoms with Gasteiger partial charge in [-0.2, -0.15) is 5.26 Å². The van der Waals surface area contributed by atoms with E-state index in [4.69, 9.17) is 15.8 Å². The molecule has 3 N–H and O–H groups in total. The first-order chi connectivity index (χ1) is 7.19. The fourth-order valence-corrected chi connectivity index (χ4v) is 0.918. The zero-order chi connectivity index (χ0) is 11.3. The molecule has 0 unspecified atom stereocenters. The second-order valence-electron chi connectivity index (χ2n) is 2.58. The van der Waals surface area contributed by atoms with Crippen molar-refractivity contribution < 1.29 is 13.9 Å². The van der Waals surface area contributed by atoms with Crippen molar-refractivity contribution in [1.82, 2.24) is 5.43 Å². The number of carbonyl (C=O) groups excluding carboxylic acids is 1. The van der Waals surface area contributed by atoms with Crippen LogP contribution in [0.2, 0.25) is 0 Å². The van der Waals surface area contributed by atoms with Crippen LogP contribution in [0.4, 0.5) is 4.39 Å². The van der Waals surface area contributed by atoms with Gasteiger partial charge in [-0.15, -0.1) is 0 Å². The molecule has 1 aromatic rings. The average Bonchev–Trinajstić information content (AvgIpc) is 2.25. The summed E-state index contributed by atoms with van der Waals surface area (Å²) in [5.41, 5.74) is 1.61. The summed E-state index contributed by atoms with van der Waals surface area (Å²) < 4.78 is 17.9. The van der Waals surface area contributed by atoms with Crippen LogP contribution in [-0.2, 0) is 4.79 Å². The zero-order valence-electron chi connectivity index (χ0n) is 7.66. The summed E-state index contributed by atoms with van der Waals surface area (Å²) >= 11 is 0. The third kappa shape index (κ3) is 2.65. The number of hydrogen-bond acceptors (Lipinski definition) is 4. The lowest BCUT2D eigenvalue weighted by atomic mass is 10.2. The maximum absolute atomic E-state index is 13.0. The zero-order valence-corrected chi connectivity index (χ0v) is 7.66. The number of benzene rings is 1. The molecule has 15 heavy (non-hydrogen) atoms. The van der Waals surface area contributed by atoms with E-state index in [2.05, 4.69) is 0 Å².